The smallest absolute Gasteiger partial charge is 0.185 e. The molecule has 1 heterocycles. The Morgan fingerprint density at radius 1 is 0.909 bits per heavy atom. The first-order chi connectivity index (χ1) is 10.5. The Kier molecular flexibility index (Phi) is 3.66. The Bertz CT molecular complexity index is 933. The normalized spacial score (nSPS) is 11.7. The molecule has 3 rings (SSSR count). The topological polar surface area (TPSA) is 59.9 Å². The van der Waals surface area contributed by atoms with Crippen LogP contribution in [0, 0.1) is 13.8 Å². The number of hydrogen-bond acceptors (Lipinski definition) is 4. The van der Waals surface area contributed by atoms with Crippen LogP contribution in [-0.2, 0) is 15.6 Å². The van der Waals surface area contributed by atoms with Gasteiger partial charge in [-0.15, -0.1) is 0 Å². The quantitative estimate of drug-likeness (QED) is 0.745. The molecule has 1 aromatic heterocycles. The highest BCUT2D eigenvalue weighted by molar-refractivity contribution is 7.90. The van der Waals surface area contributed by atoms with Crippen molar-refractivity contribution in [1.82, 2.24) is 9.97 Å². The standard InChI is InChI=1S/C17H16N2O2S/c1-12-7-9-14(10-8-12)22(20,21)11-17-18-13(2)15-5-3-4-6-16(15)19-17/h3-10H,11H2,1-2H3. The van der Waals surface area contributed by atoms with Gasteiger partial charge in [-0.3, -0.25) is 0 Å². The number of aromatic nitrogens is 2. The summed E-state index contributed by atoms with van der Waals surface area (Å²) in [4.78, 5) is 9.01. The molecule has 0 N–H and O–H groups in total. The fraction of sp³-hybridized carbons (Fsp3) is 0.176. The van der Waals surface area contributed by atoms with Gasteiger partial charge < -0.3 is 0 Å². The van der Waals surface area contributed by atoms with E-state index < -0.39 is 9.84 Å². The lowest BCUT2D eigenvalue weighted by Crippen LogP contribution is -2.09. The first-order valence-electron chi connectivity index (χ1n) is 6.97. The highest BCUT2D eigenvalue weighted by Crippen LogP contribution is 2.19. The molecule has 0 spiro atoms. The van der Waals surface area contributed by atoms with Crippen LogP contribution in [0.2, 0.25) is 0 Å². The Balaban J connectivity index is 2.00. The molecule has 2 aromatic carbocycles. The van der Waals surface area contributed by atoms with Crippen LogP contribution in [0.25, 0.3) is 10.9 Å². The summed E-state index contributed by atoms with van der Waals surface area (Å²) in [5, 5.41) is 0.944. The van der Waals surface area contributed by atoms with Crippen molar-refractivity contribution >= 4 is 20.7 Å². The van der Waals surface area contributed by atoms with E-state index in [0.29, 0.717) is 10.7 Å². The Hall–Kier alpha value is -2.27. The van der Waals surface area contributed by atoms with Gasteiger partial charge in [-0.1, -0.05) is 35.9 Å². The number of sulfone groups is 1. The predicted molar refractivity (Wildman–Crippen MR) is 86.3 cm³/mol. The van der Waals surface area contributed by atoms with Crippen LogP contribution >= 0.6 is 0 Å². The Morgan fingerprint density at radius 3 is 2.32 bits per heavy atom. The first-order valence-corrected chi connectivity index (χ1v) is 8.63. The largest absolute Gasteiger partial charge is 0.236 e. The number of fused-ring (bicyclic) bond motifs is 1. The number of para-hydroxylation sites is 1. The van der Waals surface area contributed by atoms with Crippen molar-refractivity contribution in [1.29, 1.82) is 0 Å². The second kappa shape index (κ2) is 5.50. The highest BCUT2D eigenvalue weighted by atomic mass is 32.2. The second-order valence-corrected chi connectivity index (χ2v) is 7.30. The van der Waals surface area contributed by atoms with E-state index in [9.17, 15) is 8.42 Å². The van der Waals surface area contributed by atoms with Gasteiger partial charge in [0.05, 0.1) is 10.4 Å². The predicted octanol–water partition coefficient (Wildman–Crippen LogP) is 3.22. The monoisotopic (exact) mass is 312 g/mol. The summed E-state index contributed by atoms with van der Waals surface area (Å²) in [5.74, 6) is 0.138. The van der Waals surface area contributed by atoms with Crippen molar-refractivity contribution in [2.75, 3.05) is 0 Å². The van der Waals surface area contributed by atoms with Gasteiger partial charge in [0.2, 0.25) is 0 Å². The third-order valence-electron chi connectivity index (χ3n) is 3.54. The summed E-state index contributed by atoms with van der Waals surface area (Å²) in [6.07, 6.45) is 0. The van der Waals surface area contributed by atoms with Gasteiger partial charge in [0.15, 0.2) is 9.84 Å². The van der Waals surface area contributed by atoms with E-state index in [0.717, 1.165) is 22.2 Å². The number of benzene rings is 2. The molecular formula is C17H16N2O2S. The molecule has 112 valence electrons. The minimum Gasteiger partial charge on any atom is -0.236 e. The summed E-state index contributed by atoms with van der Waals surface area (Å²) in [5.41, 5.74) is 2.58. The molecule has 0 aliphatic heterocycles. The minimum atomic E-state index is -3.44. The molecule has 0 unspecified atom stereocenters. The van der Waals surface area contributed by atoms with Crippen molar-refractivity contribution in [2.45, 2.75) is 24.5 Å². The van der Waals surface area contributed by atoms with Crippen LogP contribution in [0.15, 0.2) is 53.4 Å². The average Bonchev–Trinajstić information content (AvgIpc) is 2.47. The van der Waals surface area contributed by atoms with Gasteiger partial charge in [-0.05, 0) is 32.0 Å². The fourth-order valence-corrected chi connectivity index (χ4v) is 3.54. The summed E-state index contributed by atoms with van der Waals surface area (Å²) < 4.78 is 25.0. The van der Waals surface area contributed by atoms with Crippen LogP contribution in [0.5, 0.6) is 0 Å². The van der Waals surface area contributed by atoms with E-state index in [1.165, 1.54) is 0 Å². The highest BCUT2D eigenvalue weighted by Gasteiger charge is 2.17. The third kappa shape index (κ3) is 2.85. The molecule has 22 heavy (non-hydrogen) atoms. The van der Waals surface area contributed by atoms with Crippen molar-refractivity contribution in [3.05, 3.63) is 65.6 Å². The molecule has 0 bridgehead atoms. The van der Waals surface area contributed by atoms with E-state index >= 15 is 0 Å². The molecule has 0 aliphatic rings. The van der Waals surface area contributed by atoms with E-state index in [1.807, 2.05) is 38.1 Å². The molecule has 0 saturated heterocycles. The lowest BCUT2D eigenvalue weighted by atomic mass is 10.2. The zero-order valence-corrected chi connectivity index (χ0v) is 13.3. The molecule has 3 aromatic rings. The molecule has 0 saturated carbocycles. The summed E-state index contributed by atoms with van der Waals surface area (Å²) in [7, 11) is -3.44. The second-order valence-electron chi connectivity index (χ2n) is 5.31. The van der Waals surface area contributed by atoms with Crippen LogP contribution in [0.3, 0.4) is 0 Å². The van der Waals surface area contributed by atoms with Crippen molar-refractivity contribution in [2.24, 2.45) is 0 Å². The van der Waals surface area contributed by atoms with Crippen molar-refractivity contribution < 1.29 is 8.42 Å². The van der Waals surface area contributed by atoms with Crippen molar-refractivity contribution in [3.63, 3.8) is 0 Å². The molecule has 0 fully saturated rings. The molecule has 0 radical (unpaired) electrons. The van der Waals surface area contributed by atoms with Crippen molar-refractivity contribution in [3.8, 4) is 0 Å². The lowest BCUT2D eigenvalue weighted by molar-refractivity contribution is 0.594. The van der Waals surface area contributed by atoms with Gasteiger partial charge in [0.25, 0.3) is 0 Å². The van der Waals surface area contributed by atoms with Crippen LogP contribution in [-0.4, -0.2) is 18.4 Å². The maximum atomic E-state index is 12.5. The number of nitrogens with zero attached hydrogens (tertiary/aromatic N) is 2. The lowest BCUT2D eigenvalue weighted by Gasteiger charge is -2.07. The van der Waals surface area contributed by atoms with Gasteiger partial charge in [0, 0.05) is 11.1 Å². The van der Waals surface area contributed by atoms with Gasteiger partial charge in [-0.2, -0.15) is 0 Å². The number of aryl methyl sites for hydroxylation is 2. The maximum absolute atomic E-state index is 12.5. The van der Waals surface area contributed by atoms with Crippen LogP contribution in [0.1, 0.15) is 17.1 Å². The minimum absolute atomic E-state index is 0.193. The Labute approximate surface area is 129 Å². The molecular weight excluding hydrogens is 296 g/mol. The zero-order chi connectivity index (χ0) is 15.7. The summed E-state index contributed by atoms with van der Waals surface area (Å²) in [6, 6.07) is 14.4. The number of hydrogen-bond donors (Lipinski definition) is 0. The van der Waals surface area contributed by atoms with E-state index in [1.54, 1.807) is 24.3 Å². The maximum Gasteiger partial charge on any atom is 0.185 e. The third-order valence-corrected chi connectivity index (χ3v) is 5.17. The first kappa shape index (κ1) is 14.7. The Morgan fingerprint density at radius 2 is 1.59 bits per heavy atom. The summed E-state index contributed by atoms with van der Waals surface area (Å²) >= 11 is 0. The van der Waals surface area contributed by atoms with Crippen LogP contribution < -0.4 is 0 Å². The number of rotatable bonds is 3. The molecule has 5 heteroatoms. The van der Waals surface area contributed by atoms with Gasteiger partial charge in [0.1, 0.15) is 11.6 Å². The SMILES string of the molecule is Cc1ccc(S(=O)(=O)Cc2nc(C)c3ccccc3n2)cc1. The van der Waals surface area contributed by atoms with E-state index in [4.69, 9.17) is 0 Å². The molecule has 4 nitrogen and oxygen atoms in total. The molecule has 0 amide bonds. The average molecular weight is 312 g/mol. The zero-order valence-electron chi connectivity index (χ0n) is 12.4. The summed E-state index contributed by atoms with van der Waals surface area (Å²) in [6.45, 7) is 3.79. The van der Waals surface area contributed by atoms with E-state index in [2.05, 4.69) is 9.97 Å². The van der Waals surface area contributed by atoms with Crippen LogP contribution in [0.4, 0.5) is 0 Å². The van der Waals surface area contributed by atoms with Gasteiger partial charge >= 0.3 is 0 Å². The molecule has 0 aliphatic carbocycles. The molecule has 0 atom stereocenters. The fourth-order valence-electron chi connectivity index (χ4n) is 2.36. The van der Waals surface area contributed by atoms with E-state index in [-0.39, 0.29) is 5.75 Å². The van der Waals surface area contributed by atoms with Gasteiger partial charge in [-0.25, -0.2) is 18.4 Å².